The van der Waals surface area contributed by atoms with Crippen LogP contribution in [0.2, 0.25) is 10.0 Å². The third kappa shape index (κ3) is 6.16. The van der Waals surface area contributed by atoms with Crippen molar-refractivity contribution < 1.29 is 19.5 Å². The molecule has 1 aliphatic heterocycles. The van der Waals surface area contributed by atoms with Gasteiger partial charge in [0.25, 0.3) is 5.91 Å². The standard InChI is InChI=1S/C28H24Cl2N6O5/c29-19-13-31-14-20(30)24(19)26(38)32-18-8-6-16(7-9-18)12-21(27(39)40)33-25(37)22-10-11-23-34-35(28(41)36(22)23)15-17-4-2-1-3-5-17/h1-9,13-14,21-22H,10-12,15H2,(H,32,38)(H,33,37)(H,39,40). The summed E-state index contributed by atoms with van der Waals surface area (Å²) in [5.41, 5.74) is 1.61. The zero-order valence-corrected chi connectivity index (χ0v) is 23.0. The van der Waals surface area contributed by atoms with Crippen LogP contribution in [-0.4, -0.2) is 48.3 Å². The van der Waals surface area contributed by atoms with Gasteiger partial charge in [0.15, 0.2) is 0 Å². The fraction of sp³-hybridized carbons (Fsp3) is 0.214. The lowest BCUT2D eigenvalue weighted by atomic mass is 10.0. The molecule has 0 saturated heterocycles. The Morgan fingerprint density at radius 1 is 1.00 bits per heavy atom. The predicted octanol–water partition coefficient (Wildman–Crippen LogP) is 3.35. The third-order valence-corrected chi connectivity index (χ3v) is 7.29. The first kappa shape index (κ1) is 28.1. The number of nitrogens with zero attached hydrogens (tertiary/aromatic N) is 4. The number of aromatic nitrogens is 4. The summed E-state index contributed by atoms with van der Waals surface area (Å²) in [6.45, 7) is 0.269. The molecule has 0 fully saturated rings. The lowest BCUT2D eigenvalue weighted by molar-refractivity contribution is -0.142. The van der Waals surface area contributed by atoms with Gasteiger partial charge in [0.2, 0.25) is 5.91 Å². The molecule has 2 amide bonds. The minimum absolute atomic E-state index is 0.0148. The number of fused-ring (bicyclic) bond motifs is 1. The molecular formula is C28H24Cl2N6O5. The van der Waals surface area contributed by atoms with Crippen molar-refractivity contribution >= 4 is 46.7 Å². The Morgan fingerprint density at radius 3 is 2.34 bits per heavy atom. The molecule has 41 heavy (non-hydrogen) atoms. The number of rotatable bonds is 9. The predicted molar refractivity (Wildman–Crippen MR) is 151 cm³/mol. The second kappa shape index (κ2) is 11.9. The second-order valence-electron chi connectivity index (χ2n) is 9.50. The summed E-state index contributed by atoms with van der Waals surface area (Å²) >= 11 is 12.1. The number of hydrogen-bond acceptors (Lipinski definition) is 6. The van der Waals surface area contributed by atoms with Gasteiger partial charge in [-0.2, -0.15) is 5.10 Å². The number of carboxylic acids is 1. The molecule has 3 heterocycles. The molecular weight excluding hydrogens is 571 g/mol. The number of hydrogen-bond donors (Lipinski definition) is 3. The lowest BCUT2D eigenvalue weighted by Gasteiger charge is -2.18. The summed E-state index contributed by atoms with van der Waals surface area (Å²) in [4.78, 5) is 54.6. The summed E-state index contributed by atoms with van der Waals surface area (Å²) in [7, 11) is 0. The van der Waals surface area contributed by atoms with Gasteiger partial charge in [0, 0.05) is 30.9 Å². The molecule has 0 radical (unpaired) electrons. The minimum Gasteiger partial charge on any atom is -0.480 e. The number of carboxylic acid groups (broad SMARTS) is 1. The van der Waals surface area contributed by atoms with Gasteiger partial charge in [0.05, 0.1) is 22.2 Å². The number of aliphatic carboxylic acids is 1. The van der Waals surface area contributed by atoms with Crippen molar-refractivity contribution in [1.82, 2.24) is 24.6 Å². The lowest BCUT2D eigenvalue weighted by Crippen LogP contribution is -2.46. The molecule has 0 bridgehead atoms. The topological polar surface area (TPSA) is 148 Å². The Labute approximate surface area is 243 Å². The van der Waals surface area contributed by atoms with Crippen molar-refractivity contribution in [3.63, 3.8) is 0 Å². The Hall–Kier alpha value is -4.48. The number of amides is 2. The zero-order valence-electron chi connectivity index (χ0n) is 21.5. The van der Waals surface area contributed by atoms with Crippen LogP contribution < -0.4 is 16.3 Å². The van der Waals surface area contributed by atoms with Crippen molar-refractivity contribution in [2.75, 3.05) is 5.32 Å². The van der Waals surface area contributed by atoms with E-state index in [0.29, 0.717) is 29.9 Å². The highest BCUT2D eigenvalue weighted by Crippen LogP contribution is 2.25. The fourth-order valence-electron chi connectivity index (χ4n) is 4.70. The summed E-state index contributed by atoms with van der Waals surface area (Å²) in [5.74, 6) is -1.82. The molecule has 210 valence electrons. The molecule has 0 spiro atoms. The smallest absolute Gasteiger partial charge is 0.346 e. The maximum Gasteiger partial charge on any atom is 0.346 e. The minimum atomic E-state index is -1.24. The van der Waals surface area contributed by atoms with Crippen LogP contribution in [0.4, 0.5) is 5.69 Å². The van der Waals surface area contributed by atoms with E-state index in [1.54, 1.807) is 24.3 Å². The molecule has 2 atom stereocenters. The first-order valence-electron chi connectivity index (χ1n) is 12.7. The first-order valence-corrected chi connectivity index (χ1v) is 13.4. The molecule has 2 aromatic heterocycles. The zero-order chi connectivity index (χ0) is 29.1. The van der Waals surface area contributed by atoms with Gasteiger partial charge in [-0.3, -0.25) is 19.1 Å². The Balaban J connectivity index is 1.24. The highest BCUT2D eigenvalue weighted by Gasteiger charge is 2.35. The molecule has 0 saturated carbocycles. The largest absolute Gasteiger partial charge is 0.480 e. The summed E-state index contributed by atoms with van der Waals surface area (Å²) < 4.78 is 2.66. The van der Waals surface area contributed by atoms with E-state index < -0.39 is 35.6 Å². The average molecular weight is 595 g/mol. The molecule has 3 N–H and O–H groups in total. The highest BCUT2D eigenvalue weighted by atomic mass is 35.5. The van der Waals surface area contributed by atoms with Gasteiger partial charge in [-0.15, -0.1) is 0 Å². The normalized spacial score (nSPS) is 14.7. The molecule has 0 aliphatic carbocycles. The van der Waals surface area contributed by atoms with Crippen LogP contribution in [0.3, 0.4) is 0 Å². The van der Waals surface area contributed by atoms with E-state index in [2.05, 4.69) is 20.7 Å². The number of carbonyl (C=O) groups is 3. The molecule has 2 aromatic carbocycles. The molecule has 1 aliphatic rings. The van der Waals surface area contributed by atoms with Crippen LogP contribution in [0.15, 0.2) is 71.8 Å². The maximum atomic E-state index is 13.2. The van der Waals surface area contributed by atoms with Crippen molar-refractivity contribution in [2.45, 2.75) is 37.9 Å². The van der Waals surface area contributed by atoms with E-state index >= 15 is 0 Å². The van der Waals surface area contributed by atoms with E-state index in [0.717, 1.165) is 5.56 Å². The number of halogens is 2. The molecule has 4 aromatic rings. The second-order valence-corrected chi connectivity index (χ2v) is 10.3. The van der Waals surface area contributed by atoms with Gasteiger partial charge < -0.3 is 15.7 Å². The van der Waals surface area contributed by atoms with E-state index in [1.165, 1.54) is 21.6 Å². The molecule has 11 nitrogen and oxygen atoms in total. The number of carbonyl (C=O) groups excluding carboxylic acids is 2. The van der Waals surface area contributed by atoms with E-state index in [-0.39, 0.29) is 28.6 Å². The molecule has 5 rings (SSSR count). The van der Waals surface area contributed by atoms with Crippen molar-refractivity contribution in [3.05, 3.63) is 110 Å². The van der Waals surface area contributed by atoms with E-state index in [9.17, 15) is 24.3 Å². The number of anilines is 1. The Bertz CT molecular complexity index is 1650. The summed E-state index contributed by atoms with van der Waals surface area (Å²) in [6.07, 6.45) is 3.38. The van der Waals surface area contributed by atoms with Gasteiger partial charge in [-0.1, -0.05) is 65.7 Å². The maximum absolute atomic E-state index is 13.2. The van der Waals surface area contributed by atoms with Crippen LogP contribution in [0.1, 0.15) is 39.8 Å². The number of benzene rings is 2. The van der Waals surface area contributed by atoms with Crippen LogP contribution in [-0.2, 0) is 29.0 Å². The summed E-state index contributed by atoms with van der Waals surface area (Å²) in [6, 6.07) is 13.7. The van der Waals surface area contributed by atoms with Gasteiger partial charge in [-0.05, 0) is 29.7 Å². The average Bonchev–Trinajstić information content (AvgIpc) is 3.49. The molecule has 13 heteroatoms. The monoisotopic (exact) mass is 594 g/mol. The van der Waals surface area contributed by atoms with Crippen molar-refractivity contribution in [2.24, 2.45) is 0 Å². The Morgan fingerprint density at radius 2 is 1.68 bits per heavy atom. The number of aryl methyl sites for hydroxylation is 1. The molecule has 2 unspecified atom stereocenters. The van der Waals surface area contributed by atoms with Crippen LogP contribution >= 0.6 is 23.2 Å². The SMILES string of the molecule is O=C(Nc1ccc(CC(NC(=O)C2CCc3nn(Cc4ccccc4)c(=O)n32)C(=O)O)cc1)c1c(Cl)cncc1Cl. The van der Waals surface area contributed by atoms with E-state index in [1.807, 2.05) is 30.3 Å². The van der Waals surface area contributed by atoms with Gasteiger partial charge in [0.1, 0.15) is 17.9 Å². The van der Waals surface area contributed by atoms with E-state index in [4.69, 9.17) is 23.2 Å². The summed E-state index contributed by atoms with van der Waals surface area (Å²) in [5, 5.41) is 19.7. The third-order valence-electron chi connectivity index (χ3n) is 6.72. The van der Waals surface area contributed by atoms with Crippen molar-refractivity contribution in [3.8, 4) is 0 Å². The van der Waals surface area contributed by atoms with Gasteiger partial charge >= 0.3 is 11.7 Å². The van der Waals surface area contributed by atoms with Crippen LogP contribution in [0.5, 0.6) is 0 Å². The fourth-order valence-corrected chi connectivity index (χ4v) is 5.24. The van der Waals surface area contributed by atoms with Crippen LogP contribution in [0.25, 0.3) is 0 Å². The van der Waals surface area contributed by atoms with Crippen LogP contribution in [0, 0.1) is 0 Å². The first-order chi connectivity index (χ1) is 19.7. The quantitative estimate of drug-likeness (QED) is 0.269. The highest BCUT2D eigenvalue weighted by molar-refractivity contribution is 6.40. The van der Waals surface area contributed by atoms with Gasteiger partial charge in [-0.25, -0.2) is 14.3 Å². The number of pyridine rings is 1. The Kier molecular flexibility index (Phi) is 8.18. The van der Waals surface area contributed by atoms with Crippen molar-refractivity contribution in [1.29, 1.82) is 0 Å². The number of nitrogens with one attached hydrogen (secondary N) is 2.